The third-order valence-electron chi connectivity index (χ3n) is 3.77. The summed E-state index contributed by atoms with van der Waals surface area (Å²) in [6, 6.07) is 6.07. The minimum absolute atomic E-state index is 0.0864. The zero-order chi connectivity index (χ0) is 16.5. The number of rotatable bonds is 8. The molecule has 0 unspecified atom stereocenters. The van der Waals surface area contributed by atoms with Crippen LogP contribution in [0.1, 0.15) is 51.7 Å². The Balaban J connectivity index is 3.01. The van der Waals surface area contributed by atoms with Crippen molar-refractivity contribution in [2.24, 2.45) is 0 Å². The normalized spacial score (nSPS) is 10.4. The molecule has 0 fully saturated rings. The molecule has 0 saturated heterocycles. The third-order valence-corrected chi connectivity index (χ3v) is 3.77. The molecule has 0 aliphatic heterocycles. The van der Waals surface area contributed by atoms with Crippen LogP contribution in [0.25, 0.3) is 0 Å². The number of anilines is 1. The van der Waals surface area contributed by atoms with E-state index in [0.717, 1.165) is 42.5 Å². The summed E-state index contributed by atoms with van der Waals surface area (Å²) in [7, 11) is 0. The van der Waals surface area contributed by atoms with Crippen molar-refractivity contribution in [2.45, 2.75) is 53.4 Å². The number of unbranched alkanes of at least 4 members (excludes halogenated alkanes) is 1. The van der Waals surface area contributed by atoms with Crippen molar-refractivity contribution >= 4 is 17.5 Å². The Kier molecular flexibility index (Phi) is 7.64. The van der Waals surface area contributed by atoms with Gasteiger partial charge in [0.15, 0.2) is 0 Å². The van der Waals surface area contributed by atoms with Gasteiger partial charge in [0.25, 0.3) is 0 Å². The van der Waals surface area contributed by atoms with E-state index >= 15 is 0 Å². The van der Waals surface area contributed by atoms with Gasteiger partial charge >= 0.3 is 0 Å². The fourth-order valence-electron chi connectivity index (χ4n) is 2.51. The zero-order valence-corrected chi connectivity index (χ0v) is 14.2. The summed E-state index contributed by atoms with van der Waals surface area (Å²) in [4.78, 5) is 25.8. The fourth-order valence-corrected chi connectivity index (χ4v) is 2.51. The van der Waals surface area contributed by atoms with Gasteiger partial charge in [0.05, 0.1) is 5.69 Å². The van der Waals surface area contributed by atoms with Crippen LogP contribution >= 0.6 is 0 Å². The highest BCUT2D eigenvalue weighted by molar-refractivity contribution is 5.98. The molecule has 1 aromatic rings. The quantitative estimate of drug-likeness (QED) is 0.750. The first-order chi connectivity index (χ1) is 10.5. The summed E-state index contributed by atoms with van der Waals surface area (Å²) < 4.78 is 0. The number of aryl methyl sites for hydroxylation is 2. The summed E-state index contributed by atoms with van der Waals surface area (Å²) in [6.45, 7) is 8.49. The van der Waals surface area contributed by atoms with Gasteiger partial charge in [0.1, 0.15) is 6.54 Å². The zero-order valence-electron chi connectivity index (χ0n) is 14.2. The molecule has 122 valence electrons. The predicted octanol–water partition coefficient (Wildman–Crippen LogP) is 3.08. The summed E-state index contributed by atoms with van der Waals surface area (Å²) in [5.74, 6) is -0.196. The maximum Gasteiger partial charge on any atom is 0.240 e. The SMILES string of the molecule is CCCCNC(=O)CN(C(C)=O)c1c(CC)cccc1CC. The minimum atomic E-state index is -0.100. The van der Waals surface area contributed by atoms with Crippen LogP contribution in [-0.4, -0.2) is 24.9 Å². The average molecular weight is 304 g/mol. The Hall–Kier alpha value is -1.84. The minimum Gasteiger partial charge on any atom is -0.355 e. The number of para-hydroxylation sites is 1. The van der Waals surface area contributed by atoms with Gasteiger partial charge < -0.3 is 10.2 Å². The molecule has 4 nitrogen and oxygen atoms in total. The molecule has 0 aromatic heterocycles. The summed E-state index contributed by atoms with van der Waals surface area (Å²) in [6.07, 6.45) is 3.67. The van der Waals surface area contributed by atoms with Crippen LogP contribution in [0.5, 0.6) is 0 Å². The largest absolute Gasteiger partial charge is 0.355 e. The first-order valence-electron chi connectivity index (χ1n) is 8.20. The van der Waals surface area contributed by atoms with E-state index in [1.807, 2.05) is 18.2 Å². The van der Waals surface area contributed by atoms with E-state index in [1.165, 1.54) is 6.92 Å². The molecule has 1 N–H and O–H groups in total. The molecule has 4 heteroatoms. The summed E-state index contributed by atoms with van der Waals surface area (Å²) in [5, 5.41) is 2.88. The van der Waals surface area contributed by atoms with Crippen LogP contribution in [0.4, 0.5) is 5.69 Å². The van der Waals surface area contributed by atoms with Gasteiger partial charge in [-0.2, -0.15) is 0 Å². The van der Waals surface area contributed by atoms with Crippen LogP contribution in [0.2, 0.25) is 0 Å². The van der Waals surface area contributed by atoms with Crippen molar-refractivity contribution in [3.8, 4) is 0 Å². The van der Waals surface area contributed by atoms with Gasteiger partial charge in [-0.1, -0.05) is 45.4 Å². The molecule has 0 atom stereocenters. The van der Waals surface area contributed by atoms with Gasteiger partial charge in [-0.05, 0) is 30.4 Å². The van der Waals surface area contributed by atoms with E-state index in [9.17, 15) is 9.59 Å². The number of hydrogen-bond donors (Lipinski definition) is 1. The molecular weight excluding hydrogens is 276 g/mol. The second-order valence-corrected chi connectivity index (χ2v) is 5.44. The highest BCUT2D eigenvalue weighted by Crippen LogP contribution is 2.27. The van der Waals surface area contributed by atoms with E-state index in [2.05, 4.69) is 26.1 Å². The maximum atomic E-state index is 12.1. The number of benzene rings is 1. The Labute approximate surface area is 133 Å². The number of carbonyl (C=O) groups is 2. The molecule has 0 heterocycles. The van der Waals surface area contributed by atoms with Crippen LogP contribution in [0.15, 0.2) is 18.2 Å². The molecule has 0 aliphatic rings. The molecule has 0 aliphatic carbocycles. The van der Waals surface area contributed by atoms with E-state index < -0.39 is 0 Å². The molecule has 1 aromatic carbocycles. The Bertz CT molecular complexity index is 490. The highest BCUT2D eigenvalue weighted by Gasteiger charge is 2.20. The summed E-state index contributed by atoms with van der Waals surface area (Å²) >= 11 is 0. The monoisotopic (exact) mass is 304 g/mol. The first-order valence-corrected chi connectivity index (χ1v) is 8.20. The van der Waals surface area contributed by atoms with Crippen LogP contribution in [-0.2, 0) is 22.4 Å². The van der Waals surface area contributed by atoms with Crippen LogP contribution in [0, 0.1) is 0 Å². The van der Waals surface area contributed by atoms with Crippen molar-refractivity contribution in [2.75, 3.05) is 18.0 Å². The molecular formula is C18H28N2O2. The molecule has 0 spiro atoms. The molecule has 22 heavy (non-hydrogen) atoms. The van der Waals surface area contributed by atoms with Gasteiger partial charge in [0, 0.05) is 13.5 Å². The Morgan fingerprint density at radius 1 is 1.09 bits per heavy atom. The van der Waals surface area contributed by atoms with Crippen LogP contribution in [0.3, 0.4) is 0 Å². The van der Waals surface area contributed by atoms with Crippen molar-refractivity contribution in [3.05, 3.63) is 29.3 Å². The lowest BCUT2D eigenvalue weighted by Gasteiger charge is -2.26. The maximum absolute atomic E-state index is 12.1. The van der Waals surface area contributed by atoms with Gasteiger partial charge in [-0.3, -0.25) is 9.59 Å². The Morgan fingerprint density at radius 3 is 2.14 bits per heavy atom. The van der Waals surface area contributed by atoms with Gasteiger partial charge in [0.2, 0.25) is 11.8 Å². The first kappa shape index (κ1) is 18.2. The average Bonchev–Trinajstić information content (AvgIpc) is 2.51. The van der Waals surface area contributed by atoms with Crippen molar-refractivity contribution in [3.63, 3.8) is 0 Å². The van der Waals surface area contributed by atoms with Gasteiger partial charge in [-0.15, -0.1) is 0 Å². The number of nitrogens with zero attached hydrogens (tertiary/aromatic N) is 1. The lowest BCUT2D eigenvalue weighted by Crippen LogP contribution is -2.41. The lowest BCUT2D eigenvalue weighted by atomic mass is 10.0. The molecule has 0 saturated carbocycles. The number of nitrogens with one attached hydrogen (secondary N) is 1. The predicted molar refractivity (Wildman–Crippen MR) is 91.1 cm³/mol. The molecule has 2 amide bonds. The standard InChI is InChI=1S/C18H28N2O2/c1-5-8-12-19-17(22)13-20(14(4)21)18-15(6-2)10-9-11-16(18)7-3/h9-11H,5-8,12-13H2,1-4H3,(H,19,22). The van der Waals surface area contributed by atoms with E-state index in [1.54, 1.807) is 4.90 Å². The van der Waals surface area contributed by atoms with E-state index in [-0.39, 0.29) is 18.4 Å². The summed E-state index contributed by atoms with van der Waals surface area (Å²) in [5.41, 5.74) is 3.12. The Morgan fingerprint density at radius 2 is 1.68 bits per heavy atom. The van der Waals surface area contributed by atoms with Crippen molar-refractivity contribution < 1.29 is 9.59 Å². The second kappa shape index (κ2) is 9.23. The molecule has 0 bridgehead atoms. The van der Waals surface area contributed by atoms with Crippen molar-refractivity contribution in [1.29, 1.82) is 0 Å². The number of hydrogen-bond acceptors (Lipinski definition) is 2. The third kappa shape index (κ3) is 4.86. The van der Waals surface area contributed by atoms with Crippen LogP contribution < -0.4 is 10.2 Å². The van der Waals surface area contributed by atoms with E-state index in [4.69, 9.17) is 0 Å². The lowest BCUT2D eigenvalue weighted by molar-refractivity contribution is -0.123. The smallest absolute Gasteiger partial charge is 0.240 e. The topological polar surface area (TPSA) is 49.4 Å². The number of amides is 2. The second-order valence-electron chi connectivity index (χ2n) is 5.44. The molecule has 1 rings (SSSR count). The van der Waals surface area contributed by atoms with Crippen molar-refractivity contribution in [1.82, 2.24) is 5.32 Å². The van der Waals surface area contributed by atoms with Gasteiger partial charge in [-0.25, -0.2) is 0 Å². The van der Waals surface area contributed by atoms with E-state index in [0.29, 0.717) is 6.54 Å². The number of carbonyl (C=O) groups excluding carboxylic acids is 2. The highest BCUT2D eigenvalue weighted by atomic mass is 16.2. The fraction of sp³-hybridized carbons (Fsp3) is 0.556. The molecule has 0 radical (unpaired) electrons.